The van der Waals surface area contributed by atoms with Crippen molar-refractivity contribution in [2.75, 3.05) is 0 Å². The van der Waals surface area contributed by atoms with Gasteiger partial charge in [-0.2, -0.15) is 0 Å². The van der Waals surface area contributed by atoms with Crippen LogP contribution in [0.3, 0.4) is 0 Å². The lowest BCUT2D eigenvalue weighted by molar-refractivity contribution is 0.586. The van der Waals surface area contributed by atoms with Crippen molar-refractivity contribution < 1.29 is 5.02 Å². The average molecular weight is 127 g/mol. The fourth-order valence-corrected chi connectivity index (χ4v) is 0.558. The standard InChI is InChI=1S/C6H14BNO/c1-2-3-4-5-6-7(8)9/h5-6,9H,2-4,8H2,1H3/b6-5+. The highest BCUT2D eigenvalue weighted by atomic mass is 16.2. The van der Waals surface area contributed by atoms with Crippen molar-refractivity contribution in [2.45, 2.75) is 26.2 Å². The highest BCUT2D eigenvalue weighted by molar-refractivity contribution is 6.52. The molecule has 0 radical (unpaired) electrons. The smallest absolute Gasteiger partial charge is 0.402 e. The quantitative estimate of drug-likeness (QED) is 0.431. The predicted octanol–water partition coefficient (Wildman–Crippen LogP) is 0.711. The Morgan fingerprint density at radius 2 is 2.33 bits per heavy atom. The number of rotatable bonds is 4. The van der Waals surface area contributed by atoms with Gasteiger partial charge in [-0.1, -0.05) is 31.8 Å². The van der Waals surface area contributed by atoms with Gasteiger partial charge in [-0.3, -0.25) is 0 Å². The molecule has 0 bridgehead atoms. The molecule has 0 fully saturated rings. The summed E-state index contributed by atoms with van der Waals surface area (Å²) < 4.78 is 0. The van der Waals surface area contributed by atoms with Gasteiger partial charge in [0.2, 0.25) is 0 Å². The molecule has 0 unspecified atom stereocenters. The minimum atomic E-state index is -0.776. The van der Waals surface area contributed by atoms with Crippen LogP contribution in [0.4, 0.5) is 0 Å². The second kappa shape index (κ2) is 5.85. The van der Waals surface area contributed by atoms with Gasteiger partial charge in [0.05, 0.1) is 0 Å². The van der Waals surface area contributed by atoms with Gasteiger partial charge in [0.15, 0.2) is 0 Å². The fraction of sp³-hybridized carbons (Fsp3) is 0.667. The maximum atomic E-state index is 8.54. The molecule has 0 atom stereocenters. The zero-order chi connectivity index (χ0) is 7.11. The van der Waals surface area contributed by atoms with Gasteiger partial charge < -0.3 is 10.7 Å². The van der Waals surface area contributed by atoms with E-state index < -0.39 is 7.05 Å². The minimum Gasteiger partial charge on any atom is -0.434 e. The summed E-state index contributed by atoms with van der Waals surface area (Å²) in [7, 11) is -0.776. The normalized spacial score (nSPS) is 10.6. The number of nitrogens with two attached hydrogens (primary N) is 1. The molecular formula is C6H14BNO. The molecule has 0 aromatic carbocycles. The Morgan fingerprint density at radius 1 is 1.67 bits per heavy atom. The van der Waals surface area contributed by atoms with Gasteiger partial charge >= 0.3 is 7.05 Å². The van der Waals surface area contributed by atoms with Gasteiger partial charge in [-0.15, -0.1) is 0 Å². The maximum Gasteiger partial charge on any atom is 0.402 e. The summed E-state index contributed by atoms with van der Waals surface area (Å²) in [5, 5.41) is 8.54. The fourth-order valence-electron chi connectivity index (χ4n) is 0.558. The monoisotopic (exact) mass is 127 g/mol. The molecule has 0 spiro atoms. The van der Waals surface area contributed by atoms with Crippen molar-refractivity contribution in [3.63, 3.8) is 0 Å². The van der Waals surface area contributed by atoms with E-state index in [4.69, 9.17) is 10.7 Å². The molecular weight excluding hydrogens is 113 g/mol. The third-order valence-electron chi connectivity index (χ3n) is 1.06. The second-order valence-corrected chi connectivity index (χ2v) is 2.06. The van der Waals surface area contributed by atoms with Gasteiger partial charge in [-0.05, 0) is 6.42 Å². The lowest BCUT2D eigenvalue weighted by atomic mass is 9.86. The molecule has 0 saturated heterocycles. The summed E-state index contributed by atoms with van der Waals surface area (Å²) in [6, 6.07) is 0. The first-order valence-corrected chi connectivity index (χ1v) is 3.37. The first-order chi connectivity index (χ1) is 4.27. The summed E-state index contributed by atoms with van der Waals surface area (Å²) in [4.78, 5) is 0. The zero-order valence-corrected chi connectivity index (χ0v) is 5.88. The first kappa shape index (κ1) is 8.72. The molecule has 0 amide bonds. The second-order valence-electron chi connectivity index (χ2n) is 2.06. The molecule has 3 heteroatoms. The Kier molecular flexibility index (Phi) is 5.68. The molecule has 0 aliphatic carbocycles. The molecule has 9 heavy (non-hydrogen) atoms. The van der Waals surface area contributed by atoms with E-state index in [9.17, 15) is 0 Å². The van der Waals surface area contributed by atoms with Crippen molar-refractivity contribution in [1.29, 1.82) is 0 Å². The molecule has 3 N–H and O–H groups in total. The van der Waals surface area contributed by atoms with Crippen molar-refractivity contribution >= 4 is 7.05 Å². The number of allylic oxidation sites excluding steroid dienone is 1. The van der Waals surface area contributed by atoms with Gasteiger partial charge in [0.25, 0.3) is 0 Å². The summed E-state index contributed by atoms with van der Waals surface area (Å²) in [5.74, 6) is 1.61. The highest BCUT2D eigenvalue weighted by Crippen LogP contribution is 1.93. The summed E-state index contributed by atoms with van der Waals surface area (Å²) in [6.07, 6.45) is 5.28. The molecule has 2 nitrogen and oxygen atoms in total. The molecule has 0 aromatic heterocycles. The molecule has 0 saturated carbocycles. The lowest BCUT2D eigenvalue weighted by Gasteiger charge is -1.88. The molecule has 0 rings (SSSR count). The molecule has 52 valence electrons. The minimum absolute atomic E-state index is 0.776. The van der Waals surface area contributed by atoms with Crippen molar-refractivity contribution in [1.82, 2.24) is 0 Å². The van der Waals surface area contributed by atoms with Crippen LogP contribution in [0.2, 0.25) is 0 Å². The van der Waals surface area contributed by atoms with Crippen LogP contribution in [-0.2, 0) is 0 Å². The van der Waals surface area contributed by atoms with Crippen LogP contribution >= 0.6 is 0 Å². The van der Waals surface area contributed by atoms with Crippen molar-refractivity contribution in [2.24, 2.45) is 5.64 Å². The van der Waals surface area contributed by atoms with Crippen molar-refractivity contribution in [3.8, 4) is 0 Å². The van der Waals surface area contributed by atoms with E-state index in [2.05, 4.69) is 6.92 Å². The Morgan fingerprint density at radius 3 is 2.78 bits per heavy atom. The highest BCUT2D eigenvalue weighted by Gasteiger charge is 1.92. The topological polar surface area (TPSA) is 46.2 Å². The van der Waals surface area contributed by atoms with Crippen LogP contribution < -0.4 is 5.64 Å². The maximum absolute atomic E-state index is 8.54. The molecule has 0 heterocycles. The summed E-state index contributed by atoms with van der Waals surface area (Å²) in [6.45, 7) is 2.13. The Labute approximate surface area is 56.9 Å². The van der Waals surface area contributed by atoms with Crippen LogP contribution in [0.5, 0.6) is 0 Å². The summed E-state index contributed by atoms with van der Waals surface area (Å²) >= 11 is 0. The summed E-state index contributed by atoms with van der Waals surface area (Å²) in [5.41, 5.74) is 5.04. The van der Waals surface area contributed by atoms with Crippen molar-refractivity contribution in [3.05, 3.63) is 12.1 Å². The number of hydrogen-bond donors (Lipinski definition) is 2. The van der Waals surface area contributed by atoms with E-state index in [0.717, 1.165) is 6.42 Å². The Balaban J connectivity index is 3.04. The molecule has 0 aliphatic heterocycles. The van der Waals surface area contributed by atoms with E-state index in [1.54, 1.807) is 5.98 Å². The van der Waals surface area contributed by atoms with Crippen LogP contribution in [-0.4, -0.2) is 12.1 Å². The third kappa shape index (κ3) is 7.72. The molecule has 0 aromatic rings. The van der Waals surface area contributed by atoms with Gasteiger partial charge in [-0.25, -0.2) is 0 Å². The first-order valence-electron chi connectivity index (χ1n) is 3.37. The van der Waals surface area contributed by atoms with E-state index in [1.807, 2.05) is 6.08 Å². The number of unbranched alkanes of at least 4 members (excludes halogenated alkanes) is 2. The average Bonchev–Trinajstić information content (AvgIpc) is 1.80. The zero-order valence-electron chi connectivity index (χ0n) is 5.88. The predicted molar refractivity (Wildman–Crippen MR) is 40.8 cm³/mol. The van der Waals surface area contributed by atoms with Gasteiger partial charge in [0, 0.05) is 0 Å². The van der Waals surface area contributed by atoms with Crippen LogP contribution in [0, 0.1) is 0 Å². The largest absolute Gasteiger partial charge is 0.434 e. The van der Waals surface area contributed by atoms with E-state index in [-0.39, 0.29) is 0 Å². The number of hydrogen-bond acceptors (Lipinski definition) is 2. The van der Waals surface area contributed by atoms with E-state index in [0.29, 0.717) is 0 Å². The van der Waals surface area contributed by atoms with E-state index >= 15 is 0 Å². The SMILES string of the molecule is CCCC/C=C/B(N)O. The van der Waals surface area contributed by atoms with Gasteiger partial charge in [0.1, 0.15) is 0 Å². The van der Waals surface area contributed by atoms with Crippen LogP contribution in [0.15, 0.2) is 12.1 Å². The Bertz CT molecular complexity index is 83.1. The lowest BCUT2D eigenvalue weighted by Crippen LogP contribution is -2.21. The third-order valence-corrected chi connectivity index (χ3v) is 1.06. The molecule has 0 aliphatic rings. The van der Waals surface area contributed by atoms with E-state index in [1.165, 1.54) is 12.8 Å². The van der Waals surface area contributed by atoms with Crippen LogP contribution in [0.1, 0.15) is 26.2 Å². The van der Waals surface area contributed by atoms with Crippen LogP contribution in [0.25, 0.3) is 0 Å². The Hall–Kier alpha value is -0.275.